The number of phosphoric acid groups is 1. The Labute approximate surface area is 139 Å². The molecular weight excluding hydrogens is 262 g/mol. The minimum atomic E-state index is -4.85. The maximum absolute atomic E-state index is 10.0. The van der Waals surface area contributed by atoms with Crippen LogP contribution < -0.4 is 61.2 Å². The molecule has 0 aromatic carbocycles. The average molecular weight is 279 g/mol. The van der Waals surface area contributed by atoms with Crippen LogP contribution in [0.1, 0.15) is 19.8 Å². The van der Waals surface area contributed by atoms with E-state index in [9.17, 15) is 14.4 Å². The van der Waals surface area contributed by atoms with Crippen LogP contribution in [0.3, 0.4) is 0 Å². The summed E-state index contributed by atoms with van der Waals surface area (Å²) >= 11 is 0. The first-order valence-electron chi connectivity index (χ1n) is 4.88. The second-order valence-corrected chi connectivity index (χ2v) is 4.01. The van der Waals surface area contributed by atoms with E-state index >= 15 is 0 Å². The fourth-order valence-electron chi connectivity index (χ4n) is 0.776. The van der Waals surface area contributed by atoms with Crippen molar-refractivity contribution in [2.45, 2.75) is 19.8 Å². The molecule has 6 nitrogen and oxygen atoms in total. The van der Waals surface area contributed by atoms with Gasteiger partial charge in [0.1, 0.15) is 0 Å². The molecule has 0 aliphatic carbocycles. The Morgan fingerprint density at radius 1 is 1.00 bits per heavy atom. The van der Waals surface area contributed by atoms with Crippen LogP contribution in [-0.2, 0) is 18.6 Å². The van der Waals surface area contributed by atoms with Crippen molar-refractivity contribution in [3.8, 4) is 0 Å². The molecule has 0 aliphatic heterocycles. The summed E-state index contributed by atoms with van der Waals surface area (Å²) < 4.78 is 24.1. The number of ether oxygens (including phenoxy) is 2. The molecule has 0 aromatic rings. The van der Waals surface area contributed by atoms with Gasteiger partial charge in [-0.05, 0) is 6.42 Å². The molecule has 0 N–H and O–H groups in total. The third kappa shape index (κ3) is 18.0. The number of unbranched alkanes of at least 4 members (excludes halogenated alkanes) is 1. The Hall–Kier alpha value is 1.67. The monoisotopic (exact) mass is 279 g/mol. The molecule has 8 heteroatoms. The number of phosphoric ester groups is 1. The van der Waals surface area contributed by atoms with Gasteiger partial charge in [0, 0.05) is 6.61 Å². The molecule has 0 aliphatic rings. The molecule has 16 heavy (non-hydrogen) atoms. The maximum Gasteiger partial charge on any atom is 1.00 e. The van der Waals surface area contributed by atoms with Crippen LogP contribution in [0.2, 0.25) is 0 Å². The van der Waals surface area contributed by atoms with Gasteiger partial charge in [-0.25, -0.2) is 0 Å². The summed E-state index contributed by atoms with van der Waals surface area (Å²) in [6.07, 6.45) is 2.09. The predicted molar refractivity (Wildman–Crippen MR) is 50.1 cm³/mol. The Balaban J connectivity index is 0. The van der Waals surface area contributed by atoms with Gasteiger partial charge in [0.25, 0.3) is 0 Å². The molecule has 0 amide bonds. The third-order valence-corrected chi connectivity index (χ3v) is 1.99. The zero-order chi connectivity index (χ0) is 11.6. The smallest absolute Gasteiger partial charge is 0.790 e. The van der Waals surface area contributed by atoms with Crippen molar-refractivity contribution in [3.05, 3.63) is 0 Å². The Morgan fingerprint density at radius 3 is 2.00 bits per heavy atom. The first kappa shape index (κ1) is 20.0. The van der Waals surface area contributed by atoms with Crippen molar-refractivity contribution >= 4 is 7.82 Å². The van der Waals surface area contributed by atoms with Crippen LogP contribution in [0.5, 0.6) is 0 Å². The summed E-state index contributed by atoms with van der Waals surface area (Å²) in [6.45, 7) is 3.44. The molecule has 92 valence electrons. The van der Waals surface area contributed by atoms with E-state index in [0.29, 0.717) is 19.8 Å². The van der Waals surface area contributed by atoms with E-state index in [1.807, 2.05) is 0 Å². The van der Waals surface area contributed by atoms with Crippen molar-refractivity contribution < 1.29 is 79.7 Å². The quantitative estimate of drug-likeness (QED) is 0.236. The van der Waals surface area contributed by atoms with Crippen LogP contribution in [0.4, 0.5) is 0 Å². The minimum absolute atomic E-state index is 0. The number of rotatable bonds is 10. The van der Waals surface area contributed by atoms with Gasteiger partial charge in [-0.15, -0.1) is 0 Å². The van der Waals surface area contributed by atoms with Crippen LogP contribution >= 0.6 is 7.82 Å². The topological polar surface area (TPSA) is 90.9 Å². The molecule has 0 spiro atoms. The van der Waals surface area contributed by atoms with Gasteiger partial charge >= 0.3 is 51.4 Å². The van der Waals surface area contributed by atoms with E-state index in [-0.39, 0.29) is 64.6 Å². The Kier molecular flexibility index (Phi) is 16.4. The Bertz CT molecular complexity index is 185. The number of hydrogen-bond acceptors (Lipinski definition) is 6. The summed E-state index contributed by atoms with van der Waals surface area (Å²) in [4.78, 5) is 20.0. The van der Waals surface area contributed by atoms with E-state index in [4.69, 9.17) is 9.47 Å². The van der Waals surface area contributed by atoms with E-state index in [2.05, 4.69) is 11.4 Å². The van der Waals surface area contributed by atoms with Crippen molar-refractivity contribution in [1.29, 1.82) is 0 Å². The van der Waals surface area contributed by atoms with Gasteiger partial charge in [0.05, 0.1) is 34.3 Å². The van der Waals surface area contributed by atoms with Gasteiger partial charge in [0.2, 0.25) is 0 Å². The largest absolute Gasteiger partial charge is 1.00 e. The van der Waals surface area contributed by atoms with Gasteiger partial charge in [-0.3, -0.25) is 0 Å². The fourth-order valence-corrected chi connectivity index (χ4v) is 1.07. The third-order valence-electron chi connectivity index (χ3n) is 1.49. The summed E-state index contributed by atoms with van der Waals surface area (Å²) in [5, 5.41) is 0. The molecule has 0 bridgehead atoms. The summed E-state index contributed by atoms with van der Waals surface area (Å²) in [7, 11) is -4.85. The van der Waals surface area contributed by atoms with Crippen molar-refractivity contribution in [2.75, 3.05) is 33.0 Å². The summed E-state index contributed by atoms with van der Waals surface area (Å²) in [5.74, 6) is 0. The molecule has 0 aromatic heterocycles. The molecule has 0 saturated carbocycles. The molecule has 0 saturated heterocycles. The average Bonchev–Trinajstić information content (AvgIpc) is 2.14. The molecule has 0 rings (SSSR count). The Morgan fingerprint density at radius 2 is 1.50 bits per heavy atom. The van der Waals surface area contributed by atoms with Gasteiger partial charge in [0.15, 0.2) is 0 Å². The van der Waals surface area contributed by atoms with E-state index in [1.165, 1.54) is 0 Å². The van der Waals surface area contributed by atoms with Crippen molar-refractivity contribution in [1.82, 2.24) is 0 Å². The molecule has 0 unspecified atom stereocenters. The molecule has 0 fully saturated rings. The summed E-state index contributed by atoms with van der Waals surface area (Å²) in [6, 6.07) is 0. The van der Waals surface area contributed by atoms with Gasteiger partial charge in [-0.1, -0.05) is 13.3 Å². The van der Waals surface area contributed by atoms with Gasteiger partial charge < -0.3 is 28.3 Å². The van der Waals surface area contributed by atoms with Crippen LogP contribution in [-0.4, -0.2) is 33.0 Å². The van der Waals surface area contributed by atoms with E-state index in [1.54, 1.807) is 0 Å². The predicted octanol–water partition coefficient (Wildman–Crippen LogP) is -3.33. The zero-order valence-corrected chi connectivity index (χ0v) is 13.9. The molecular formula is C8H17KO6P-. The number of hydrogen-bond donors (Lipinski definition) is 0. The molecule has 0 atom stereocenters. The standard InChI is InChI=1S/C8H19O6P.K/c1-2-3-4-12-5-6-13-7-8-14-15(9,10)11;/h2-8H2,1H3,(H2,9,10,11);/q;+1/p-2. The van der Waals surface area contributed by atoms with Gasteiger partial charge in [-0.2, -0.15) is 0 Å². The minimum Gasteiger partial charge on any atom is -0.790 e. The summed E-state index contributed by atoms with van der Waals surface area (Å²) in [5.41, 5.74) is 0. The van der Waals surface area contributed by atoms with Crippen LogP contribution in [0.25, 0.3) is 0 Å². The van der Waals surface area contributed by atoms with E-state index < -0.39 is 7.82 Å². The first-order chi connectivity index (χ1) is 7.06. The fraction of sp³-hybridized carbons (Fsp3) is 1.00. The maximum atomic E-state index is 10.0. The molecule has 0 heterocycles. The van der Waals surface area contributed by atoms with Crippen LogP contribution in [0, 0.1) is 0 Å². The normalized spacial score (nSPS) is 11.2. The van der Waals surface area contributed by atoms with Crippen molar-refractivity contribution in [2.24, 2.45) is 0 Å². The van der Waals surface area contributed by atoms with E-state index in [0.717, 1.165) is 12.8 Å². The SMILES string of the molecule is CCCCOCCOCCOP(=O)([O-])[O-].[K+]. The first-order valence-corrected chi connectivity index (χ1v) is 6.34. The second kappa shape index (κ2) is 13.1. The molecule has 0 radical (unpaired) electrons. The van der Waals surface area contributed by atoms with Crippen LogP contribution in [0.15, 0.2) is 0 Å². The second-order valence-electron chi connectivity index (χ2n) is 2.86. The van der Waals surface area contributed by atoms with Crippen molar-refractivity contribution in [3.63, 3.8) is 0 Å². The zero-order valence-electron chi connectivity index (χ0n) is 9.85.